The molecule has 1 aliphatic rings. The quantitative estimate of drug-likeness (QED) is 0.846. The van der Waals surface area contributed by atoms with Crippen molar-refractivity contribution in [1.29, 1.82) is 0 Å². The van der Waals surface area contributed by atoms with Crippen LogP contribution in [0.1, 0.15) is 39.5 Å². The summed E-state index contributed by atoms with van der Waals surface area (Å²) in [6, 6.07) is 1.52. The Hall–Kier alpha value is -1.62. The summed E-state index contributed by atoms with van der Waals surface area (Å²) in [5, 5.41) is 8.76. The molecule has 0 saturated heterocycles. The van der Waals surface area contributed by atoms with Gasteiger partial charge in [0.25, 0.3) is 5.91 Å². The fraction of sp³-hybridized carbons (Fsp3) is 0.500. The number of ketones is 1. The summed E-state index contributed by atoms with van der Waals surface area (Å²) in [5.74, 6) is 0.531. The van der Waals surface area contributed by atoms with E-state index in [2.05, 4.69) is 0 Å². The molecule has 2 rings (SSSR count). The smallest absolute Gasteiger partial charge is 0.289 e. The normalized spacial score (nSPS) is 14.6. The fourth-order valence-corrected chi connectivity index (χ4v) is 1.94. The number of likely N-dealkylation sites (N-methyl/N-ethyl adjacent to an activating group) is 1. The SMILES string of the molecule is CN(CCO)C(=O)c1cc2c(o1)CCCC2=O. The summed E-state index contributed by atoms with van der Waals surface area (Å²) in [7, 11) is 1.59. The molecule has 1 aromatic rings. The van der Waals surface area contributed by atoms with Crippen molar-refractivity contribution in [2.45, 2.75) is 19.3 Å². The largest absolute Gasteiger partial charge is 0.455 e. The van der Waals surface area contributed by atoms with Gasteiger partial charge in [-0.15, -0.1) is 0 Å². The van der Waals surface area contributed by atoms with Crippen molar-refractivity contribution in [2.24, 2.45) is 0 Å². The molecule has 0 unspecified atom stereocenters. The van der Waals surface area contributed by atoms with Crippen LogP contribution >= 0.6 is 0 Å². The number of amides is 1. The average molecular weight is 237 g/mol. The van der Waals surface area contributed by atoms with Crippen molar-refractivity contribution in [3.8, 4) is 0 Å². The van der Waals surface area contributed by atoms with E-state index in [1.165, 1.54) is 11.0 Å². The molecule has 0 fully saturated rings. The lowest BCUT2D eigenvalue weighted by Crippen LogP contribution is -2.29. The highest BCUT2D eigenvalue weighted by Crippen LogP contribution is 2.25. The molecule has 1 amide bonds. The summed E-state index contributed by atoms with van der Waals surface area (Å²) < 4.78 is 5.41. The van der Waals surface area contributed by atoms with E-state index < -0.39 is 0 Å². The highest BCUT2D eigenvalue weighted by molar-refractivity contribution is 6.01. The molecule has 0 aromatic carbocycles. The van der Waals surface area contributed by atoms with Gasteiger partial charge in [-0.3, -0.25) is 9.59 Å². The molecule has 0 atom stereocenters. The second-order valence-electron chi connectivity index (χ2n) is 4.17. The van der Waals surface area contributed by atoms with E-state index in [1.807, 2.05) is 0 Å². The zero-order chi connectivity index (χ0) is 12.4. The molecule has 0 bridgehead atoms. The molecule has 1 aromatic heterocycles. The summed E-state index contributed by atoms with van der Waals surface area (Å²) in [4.78, 5) is 24.8. The number of carbonyl (C=O) groups is 2. The third-order valence-electron chi connectivity index (χ3n) is 2.91. The minimum Gasteiger partial charge on any atom is -0.455 e. The van der Waals surface area contributed by atoms with Crippen LogP contribution in [0.4, 0.5) is 0 Å². The molecular weight excluding hydrogens is 222 g/mol. The monoisotopic (exact) mass is 237 g/mol. The number of aliphatic hydroxyl groups excluding tert-OH is 1. The topological polar surface area (TPSA) is 70.8 Å². The maximum atomic E-state index is 11.9. The van der Waals surface area contributed by atoms with Gasteiger partial charge in [0.15, 0.2) is 11.5 Å². The van der Waals surface area contributed by atoms with Gasteiger partial charge >= 0.3 is 0 Å². The van der Waals surface area contributed by atoms with Crippen molar-refractivity contribution in [1.82, 2.24) is 4.90 Å². The second kappa shape index (κ2) is 4.71. The van der Waals surface area contributed by atoms with Crippen LogP contribution in [0, 0.1) is 0 Å². The average Bonchev–Trinajstić information content (AvgIpc) is 2.73. The van der Waals surface area contributed by atoms with E-state index in [0.29, 0.717) is 24.2 Å². The Balaban J connectivity index is 2.23. The van der Waals surface area contributed by atoms with Crippen LogP contribution in [-0.2, 0) is 6.42 Å². The van der Waals surface area contributed by atoms with Gasteiger partial charge in [-0.1, -0.05) is 0 Å². The number of hydrogen-bond donors (Lipinski definition) is 1. The maximum absolute atomic E-state index is 11.9. The van der Waals surface area contributed by atoms with Gasteiger partial charge in [0, 0.05) is 32.5 Å². The number of hydrogen-bond acceptors (Lipinski definition) is 4. The van der Waals surface area contributed by atoms with Crippen molar-refractivity contribution in [3.63, 3.8) is 0 Å². The summed E-state index contributed by atoms with van der Waals surface area (Å²) in [6.45, 7) is 0.153. The predicted octanol–water partition coefficient (Wildman–Crippen LogP) is 0.863. The number of Topliss-reactive ketones (excluding diaryl/α,β-unsaturated/α-hetero) is 1. The molecule has 92 valence electrons. The van der Waals surface area contributed by atoms with Crippen LogP contribution in [0.3, 0.4) is 0 Å². The van der Waals surface area contributed by atoms with Gasteiger partial charge < -0.3 is 14.4 Å². The van der Waals surface area contributed by atoms with Gasteiger partial charge in [0.2, 0.25) is 0 Å². The van der Waals surface area contributed by atoms with E-state index in [-0.39, 0.29) is 30.6 Å². The van der Waals surface area contributed by atoms with Gasteiger partial charge in [-0.2, -0.15) is 0 Å². The molecule has 17 heavy (non-hydrogen) atoms. The lowest BCUT2D eigenvalue weighted by Gasteiger charge is -2.13. The number of fused-ring (bicyclic) bond motifs is 1. The zero-order valence-corrected chi connectivity index (χ0v) is 9.73. The summed E-state index contributed by atoms with van der Waals surface area (Å²) >= 11 is 0. The molecule has 0 aliphatic heterocycles. The molecular formula is C12H15NO4. The Morgan fingerprint density at radius 2 is 2.29 bits per heavy atom. The van der Waals surface area contributed by atoms with Crippen LogP contribution in [0.25, 0.3) is 0 Å². The molecule has 1 heterocycles. The van der Waals surface area contributed by atoms with Gasteiger partial charge in [-0.05, 0) is 6.42 Å². The van der Waals surface area contributed by atoms with Crippen LogP contribution in [0.15, 0.2) is 10.5 Å². The summed E-state index contributed by atoms with van der Waals surface area (Å²) in [5.41, 5.74) is 0.539. The molecule has 1 N–H and O–H groups in total. The molecule has 0 spiro atoms. The van der Waals surface area contributed by atoms with Crippen LogP contribution in [-0.4, -0.2) is 41.9 Å². The van der Waals surface area contributed by atoms with E-state index in [4.69, 9.17) is 9.52 Å². The second-order valence-corrected chi connectivity index (χ2v) is 4.17. The molecule has 0 radical (unpaired) electrons. The number of rotatable bonds is 3. The minimum atomic E-state index is -0.304. The van der Waals surface area contributed by atoms with Crippen molar-refractivity contribution >= 4 is 11.7 Å². The van der Waals surface area contributed by atoms with Gasteiger partial charge in [0.1, 0.15) is 5.76 Å². The van der Waals surface area contributed by atoms with E-state index in [0.717, 1.165) is 6.42 Å². The Morgan fingerprint density at radius 1 is 1.53 bits per heavy atom. The van der Waals surface area contributed by atoms with Crippen LogP contribution < -0.4 is 0 Å². The third kappa shape index (κ3) is 2.24. The number of aryl methyl sites for hydroxylation is 1. The highest BCUT2D eigenvalue weighted by atomic mass is 16.4. The number of furan rings is 1. The Morgan fingerprint density at radius 3 is 2.94 bits per heavy atom. The first-order valence-electron chi connectivity index (χ1n) is 5.65. The molecule has 5 nitrogen and oxygen atoms in total. The predicted molar refractivity (Wildman–Crippen MR) is 60.0 cm³/mol. The first-order valence-corrected chi connectivity index (χ1v) is 5.65. The Kier molecular flexibility index (Phi) is 3.28. The van der Waals surface area contributed by atoms with Gasteiger partial charge in [0.05, 0.1) is 12.2 Å². The molecule has 1 aliphatic carbocycles. The molecule has 0 saturated carbocycles. The summed E-state index contributed by atoms with van der Waals surface area (Å²) in [6.07, 6.45) is 2.00. The zero-order valence-electron chi connectivity index (χ0n) is 9.73. The lowest BCUT2D eigenvalue weighted by atomic mass is 9.97. The Bertz CT molecular complexity index is 449. The fourth-order valence-electron chi connectivity index (χ4n) is 1.94. The minimum absolute atomic E-state index is 0.0406. The van der Waals surface area contributed by atoms with E-state index in [1.54, 1.807) is 7.05 Å². The third-order valence-corrected chi connectivity index (χ3v) is 2.91. The molecule has 5 heteroatoms. The van der Waals surface area contributed by atoms with Crippen molar-refractivity contribution < 1.29 is 19.1 Å². The van der Waals surface area contributed by atoms with Crippen molar-refractivity contribution in [3.05, 3.63) is 23.2 Å². The van der Waals surface area contributed by atoms with Crippen LogP contribution in [0.5, 0.6) is 0 Å². The van der Waals surface area contributed by atoms with E-state index >= 15 is 0 Å². The number of carbonyl (C=O) groups excluding carboxylic acids is 2. The van der Waals surface area contributed by atoms with Crippen molar-refractivity contribution in [2.75, 3.05) is 20.2 Å². The lowest BCUT2D eigenvalue weighted by molar-refractivity contribution is 0.0733. The number of aliphatic hydroxyl groups is 1. The maximum Gasteiger partial charge on any atom is 0.289 e. The first-order chi connectivity index (χ1) is 8.13. The van der Waals surface area contributed by atoms with Crippen LogP contribution in [0.2, 0.25) is 0 Å². The first kappa shape index (κ1) is 11.9. The van der Waals surface area contributed by atoms with Gasteiger partial charge in [-0.25, -0.2) is 0 Å². The Labute approximate surface area is 99.0 Å². The standard InChI is InChI=1S/C12H15NO4/c1-13(5-6-14)12(16)11-7-8-9(15)3-2-4-10(8)17-11/h7,14H,2-6H2,1H3. The van der Waals surface area contributed by atoms with E-state index in [9.17, 15) is 9.59 Å². The number of nitrogens with zero attached hydrogens (tertiary/aromatic N) is 1. The highest BCUT2D eigenvalue weighted by Gasteiger charge is 2.25.